The molecule has 0 spiro atoms. The lowest BCUT2D eigenvalue weighted by Crippen LogP contribution is -2.31. The van der Waals surface area contributed by atoms with E-state index in [0.717, 1.165) is 5.56 Å². The van der Waals surface area contributed by atoms with Crippen molar-refractivity contribution in [1.82, 2.24) is 4.72 Å². The van der Waals surface area contributed by atoms with E-state index < -0.39 is 22.0 Å². The molecule has 0 saturated carbocycles. The number of benzene rings is 2. The third kappa shape index (κ3) is 5.95. The number of carbonyl (C=O) groups excluding carboxylic acids is 1. The van der Waals surface area contributed by atoms with Crippen molar-refractivity contribution in [3.05, 3.63) is 58.6 Å². The van der Waals surface area contributed by atoms with Gasteiger partial charge in [-0.2, -0.15) is 0 Å². The van der Waals surface area contributed by atoms with Gasteiger partial charge in [-0.1, -0.05) is 41.4 Å². The number of aryl methyl sites for hydroxylation is 1. The third-order valence-corrected chi connectivity index (χ3v) is 5.68. The third-order valence-electron chi connectivity index (χ3n) is 3.95. The van der Waals surface area contributed by atoms with Crippen molar-refractivity contribution >= 4 is 27.6 Å². The van der Waals surface area contributed by atoms with Crippen LogP contribution in [-0.2, 0) is 19.6 Å². The maximum Gasteiger partial charge on any atom is 0.307 e. The summed E-state index contributed by atoms with van der Waals surface area (Å²) in [6, 6.07) is 10.9. The van der Waals surface area contributed by atoms with Gasteiger partial charge in [0.25, 0.3) is 0 Å². The molecule has 1 atom stereocenters. The summed E-state index contributed by atoms with van der Waals surface area (Å²) in [5, 5.41) is 0.265. The second kappa shape index (κ2) is 9.91. The summed E-state index contributed by atoms with van der Waals surface area (Å²) in [5.74, 6) is -0.301. The van der Waals surface area contributed by atoms with Gasteiger partial charge in [0.15, 0.2) is 0 Å². The highest BCUT2D eigenvalue weighted by atomic mass is 35.5. The van der Waals surface area contributed by atoms with Crippen LogP contribution < -0.4 is 9.46 Å². The summed E-state index contributed by atoms with van der Waals surface area (Å²) < 4.78 is 39.2. The van der Waals surface area contributed by atoms with Gasteiger partial charge in [-0.05, 0) is 44.5 Å². The number of carbonyl (C=O) groups is 1. The number of sulfonamides is 1. The van der Waals surface area contributed by atoms with Crippen molar-refractivity contribution in [2.75, 3.05) is 13.2 Å². The summed E-state index contributed by atoms with van der Waals surface area (Å²) in [4.78, 5) is 12.0. The van der Waals surface area contributed by atoms with Gasteiger partial charge in [-0.15, -0.1) is 0 Å². The van der Waals surface area contributed by atoms with Gasteiger partial charge in [0.1, 0.15) is 10.6 Å². The summed E-state index contributed by atoms with van der Waals surface area (Å²) in [7, 11) is -4.02. The molecule has 6 nitrogen and oxygen atoms in total. The molecule has 0 amide bonds. The van der Waals surface area contributed by atoms with Crippen molar-refractivity contribution in [2.45, 2.75) is 38.1 Å². The molecule has 0 aliphatic heterocycles. The first kappa shape index (κ1) is 22.2. The lowest BCUT2D eigenvalue weighted by molar-refractivity contribution is -0.143. The summed E-state index contributed by atoms with van der Waals surface area (Å²) in [6.45, 7) is 5.90. The second-order valence-corrected chi connectivity index (χ2v) is 8.24. The van der Waals surface area contributed by atoms with E-state index in [1.165, 1.54) is 12.1 Å². The fraction of sp³-hybridized carbons (Fsp3) is 0.350. The Morgan fingerprint density at radius 3 is 2.39 bits per heavy atom. The van der Waals surface area contributed by atoms with E-state index in [0.29, 0.717) is 12.2 Å². The van der Waals surface area contributed by atoms with Gasteiger partial charge < -0.3 is 9.47 Å². The van der Waals surface area contributed by atoms with E-state index >= 15 is 0 Å². The Balaban J connectivity index is 2.40. The quantitative estimate of drug-likeness (QED) is 0.613. The zero-order chi connectivity index (χ0) is 20.7. The van der Waals surface area contributed by atoms with Crippen LogP contribution in [0.2, 0.25) is 5.02 Å². The molecule has 0 aliphatic rings. The fourth-order valence-corrected chi connectivity index (χ4v) is 4.26. The lowest BCUT2D eigenvalue weighted by atomic mass is 10.0. The minimum atomic E-state index is -4.02. The van der Waals surface area contributed by atoms with Crippen molar-refractivity contribution in [1.29, 1.82) is 0 Å². The lowest BCUT2D eigenvalue weighted by Gasteiger charge is -2.20. The molecular weight excluding hydrogens is 402 g/mol. The van der Waals surface area contributed by atoms with E-state index in [2.05, 4.69) is 4.72 Å². The zero-order valence-electron chi connectivity index (χ0n) is 16.1. The predicted octanol–water partition coefficient (Wildman–Crippen LogP) is 4.02. The van der Waals surface area contributed by atoms with E-state index in [4.69, 9.17) is 21.1 Å². The Bertz CT molecular complexity index is 913. The number of hydrogen-bond donors (Lipinski definition) is 1. The fourth-order valence-electron chi connectivity index (χ4n) is 2.63. The highest BCUT2D eigenvalue weighted by Gasteiger charge is 2.27. The molecule has 8 heteroatoms. The number of hydrogen-bond acceptors (Lipinski definition) is 5. The predicted molar refractivity (Wildman–Crippen MR) is 108 cm³/mol. The number of ether oxygens (including phenoxy) is 2. The van der Waals surface area contributed by atoms with Crippen LogP contribution in [0, 0.1) is 6.92 Å². The number of nitrogens with one attached hydrogen (secondary N) is 1. The van der Waals surface area contributed by atoms with E-state index in [9.17, 15) is 13.2 Å². The molecule has 2 aromatic carbocycles. The zero-order valence-corrected chi connectivity index (χ0v) is 17.6. The topological polar surface area (TPSA) is 81.7 Å². The van der Waals surface area contributed by atoms with Gasteiger partial charge in [-0.3, -0.25) is 4.79 Å². The standard InChI is InChI=1S/C20H24ClNO5S/c1-4-26-18-11-10-16(21)12-19(18)28(24,25)22-17(13-20(23)27-5-2)15-8-6-14(3)7-9-15/h6-12,17,22H,4-5,13H2,1-3H3. The first-order chi connectivity index (χ1) is 13.3. The summed E-state index contributed by atoms with van der Waals surface area (Å²) in [5.41, 5.74) is 1.68. The van der Waals surface area contributed by atoms with Gasteiger partial charge in [-0.25, -0.2) is 13.1 Å². The average Bonchev–Trinajstić information content (AvgIpc) is 2.63. The molecule has 0 fully saturated rings. The highest BCUT2D eigenvalue weighted by molar-refractivity contribution is 7.89. The van der Waals surface area contributed by atoms with Crippen molar-refractivity contribution < 1.29 is 22.7 Å². The molecule has 0 aliphatic carbocycles. The molecule has 1 unspecified atom stereocenters. The van der Waals surface area contributed by atoms with Crippen LogP contribution in [0.15, 0.2) is 47.4 Å². The number of esters is 1. The minimum Gasteiger partial charge on any atom is -0.492 e. The molecule has 0 bridgehead atoms. The van der Waals surface area contributed by atoms with E-state index in [-0.39, 0.29) is 28.7 Å². The first-order valence-electron chi connectivity index (χ1n) is 8.93. The van der Waals surface area contributed by atoms with Crippen LogP contribution in [0.4, 0.5) is 0 Å². The van der Waals surface area contributed by atoms with Gasteiger partial charge in [0.05, 0.1) is 25.7 Å². The monoisotopic (exact) mass is 425 g/mol. The molecule has 2 aromatic rings. The van der Waals surface area contributed by atoms with E-state index in [1.807, 2.05) is 19.1 Å². The smallest absolute Gasteiger partial charge is 0.307 e. The Kier molecular flexibility index (Phi) is 7.86. The first-order valence-corrected chi connectivity index (χ1v) is 10.8. The van der Waals surface area contributed by atoms with Gasteiger partial charge in [0, 0.05) is 5.02 Å². The molecule has 0 aromatic heterocycles. The van der Waals surface area contributed by atoms with Crippen LogP contribution in [-0.4, -0.2) is 27.6 Å². The highest BCUT2D eigenvalue weighted by Crippen LogP contribution is 2.29. The molecule has 0 saturated heterocycles. The van der Waals surface area contributed by atoms with Gasteiger partial charge in [0.2, 0.25) is 10.0 Å². The Morgan fingerprint density at radius 2 is 1.79 bits per heavy atom. The molecule has 152 valence electrons. The van der Waals surface area contributed by atoms with E-state index in [1.54, 1.807) is 32.0 Å². The van der Waals surface area contributed by atoms with Gasteiger partial charge >= 0.3 is 5.97 Å². The van der Waals surface area contributed by atoms with Crippen LogP contribution in [0.1, 0.15) is 37.4 Å². The molecule has 0 heterocycles. The van der Waals surface area contributed by atoms with Crippen molar-refractivity contribution in [3.63, 3.8) is 0 Å². The Morgan fingerprint density at radius 1 is 1.11 bits per heavy atom. The largest absolute Gasteiger partial charge is 0.492 e. The number of rotatable bonds is 9. The van der Waals surface area contributed by atoms with Crippen LogP contribution in [0.3, 0.4) is 0 Å². The maximum absolute atomic E-state index is 13.1. The summed E-state index contributed by atoms with van der Waals surface area (Å²) in [6.07, 6.45) is -0.138. The molecule has 1 N–H and O–H groups in total. The van der Waals surface area contributed by atoms with Crippen molar-refractivity contribution in [2.24, 2.45) is 0 Å². The second-order valence-electron chi connectivity index (χ2n) is 6.12. The Labute approximate surface area is 170 Å². The average molecular weight is 426 g/mol. The minimum absolute atomic E-state index is 0.0807. The molecule has 2 rings (SSSR count). The van der Waals surface area contributed by atoms with Crippen LogP contribution in [0.5, 0.6) is 5.75 Å². The van der Waals surface area contributed by atoms with Crippen molar-refractivity contribution in [3.8, 4) is 5.75 Å². The maximum atomic E-state index is 13.1. The summed E-state index contributed by atoms with van der Waals surface area (Å²) >= 11 is 6.00. The SMILES string of the molecule is CCOC(=O)CC(NS(=O)(=O)c1cc(Cl)ccc1OCC)c1ccc(C)cc1. The molecular formula is C20H24ClNO5S. The molecule has 0 radical (unpaired) electrons. The number of halogens is 1. The van der Waals surface area contributed by atoms with Crippen LogP contribution in [0.25, 0.3) is 0 Å². The normalized spacial score (nSPS) is 12.4. The van der Waals surface area contributed by atoms with Crippen LogP contribution >= 0.6 is 11.6 Å². The Hall–Kier alpha value is -2.09. The molecule has 28 heavy (non-hydrogen) atoms.